The largest absolute Gasteiger partial charge is 2.00 e. The average molecular weight is 656 g/mol. The van der Waals surface area contributed by atoms with E-state index in [-0.39, 0.29) is 32.3 Å². The average Bonchev–Trinajstić information content (AvgIpc) is 2.86. The third kappa shape index (κ3) is 9.72. The number of halogens is 4. The number of hydrogen-bond acceptors (Lipinski definition) is 6. The van der Waals surface area contributed by atoms with Crippen LogP contribution in [-0.4, -0.2) is 11.9 Å². The summed E-state index contributed by atoms with van der Waals surface area (Å²) in [7, 11) is 0. The van der Waals surface area contributed by atoms with Gasteiger partial charge in [-0.15, -0.1) is 0 Å². The smallest absolute Gasteiger partial charge is 0.550 e. The van der Waals surface area contributed by atoms with Crippen LogP contribution in [0.25, 0.3) is 0 Å². The number of carboxylic acids is 2. The van der Waals surface area contributed by atoms with E-state index in [1.807, 2.05) is 0 Å². The van der Waals surface area contributed by atoms with E-state index in [0.29, 0.717) is 54.0 Å². The van der Waals surface area contributed by atoms with Crippen LogP contribution in [0.2, 0.25) is 20.1 Å². The van der Waals surface area contributed by atoms with Crippen LogP contribution in [0.5, 0.6) is 0 Å². The minimum atomic E-state index is -1.14. The van der Waals surface area contributed by atoms with Crippen LogP contribution in [-0.2, 0) is 41.9 Å². The van der Waals surface area contributed by atoms with Crippen LogP contribution < -0.4 is 20.8 Å². The third-order valence-electron chi connectivity index (χ3n) is 5.15. The predicted octanol–water partition coefficient (Wildman–Crippen LogP) is 6.06. The maximum absolute atomic E-state index is 10.7. The van der Waals surface area contributed by atoms with E-state index >= 15 is 0 Å². The van der Waals surface area contributed by atoms with Gasteiger partial charge in [-0.25, -0.2) is 0 Å². The molecule has 0 bridgehead atoms. The van der Waals surface area contributed by atoms with E-state index in [4.69, 9.17) is 46.4 Å². The van der Waals surface area contributed by atoms with E-state index < -0.39 is 11.9 Å². The number of carboxylic acid groups (broad SMARTS) is 2. The first kappa shape index (κ1) is 32.4. The van der Waals surface area contributed by atoms with Crippen molar-refractivity contribution in [2.45, 2.75) is 12.8 Å². The fraction of sp³-hybridized carbons (Fsp3) is 0.0714. The number of anilines is 4. The Balaban J connectivity index is 0.000000267. The van der Waals surface area contributed by atoms with E-state index in [1.165, 1.54) is 0 Å². The van der Waals surface area contributed by atoms with Crippen LogP contribution in [0.4, 0.5) is 22.7 Å². The Hall–Kier alpha value is -2.80. The van der Waals surface area contributed by atoms with Crippen molar-refractivity contribution >= 4 is 81.1 Å². The van der Waals surface area contributed by atoms with Crippen LogP contribution in [0.3, 0.4) is 0 Å². The molecule has 11 heteroatoms. The molecular weight excluding hydrogens is 636 g/mol. The number of nitrogens with one attached hydrogen (secondary N) is 2. The van der Waals surface area contributed by atoms with Crippen molar-refractivity contribution in [1.82, 2.24) is 0 Å². The summed E-state index contributed by atoms with van der Waals surface area (Å²) in [5, 5.41) is 29.4. The summed E-state index contributed by atoms with van der Waals surface area (Å²) in [6.07, 6.45) is -0.351. The molecule has 0 radical (unpaired) electrons. The quantitative estimate of drug-likeness (QED) is 0.224. The summed E-state index contributed by atoms with van der Waals surface area (Å²) in [4.78, 5) is 21.4. The van der Waals surface area contributed by atoms with Crippen molar-refractivity contribution < 1.29 is 39.3 Å². The SMILES string of the molecule is O=C([O-])Cc1ccccc1Nc1c(Cl)cccc1Cl.O=C([O-])Cc1ccccc1Nc1c(Cl)cccc1Cl.[Zn+2]. The number of carbonyl (C=O) groups is 2. The van der Waals surface area contributed by atoms with Crippen LogP contribution in [0.1, 0.15) is 11.1 Å². The zero-order chi connectivity index (χ0) is 27.7. The number of carbonyl (C=O) groups excluding carboxylic acids is 2. The molecular formula is C28H20Cl4N2O4Zn. The first-order valence-corrected chi connectivity index (χ1v) is 12.6. The van der Waals surface area contributed by atoms with Crippen LogP contribution in [0, 0.1) is 0 Å². The Morgan fingerprint density at radius 1 is 0.538 bits per heavy atom. The molecule has 0 saturated heterocycles. The summed E-state index contributed by atoms with van der Waals surface area (Å²) in [6.45, 7) is 0. The minimum Gasteiger partial charge on any atom is -0.550 e. The second kappa shape index (κ2) is 15.7. The molecule has 2 N–H and O–H groups in total. The van der Waals surface area contributed by atoms with Gasteiger partial charge in [0.1, 0.15) is 0 Å². The number of aliphatic carboxylic acids is 2. The third-order valence-corrected chi connectivity index (χ3v) is 6.41. The maximum atomic E-state index is 10.7. The molecule has 0 saturated carbocycles. The van der Waals surface area contributed by atoms with Gasteiger partial charge >= 0.3 is 19.5 Å². The van der Waals surface area contributed by atoms with Gasteiger partial charge in [-0.1, -0.05) is 94.9 Å². The fourth-order valence-electron chi connectivity index (χ4n) is 3.41. The van der Waals surface area contributed by atoms with Gasteiger partial charge in [0, 0.05) is 36.2 Å². The van der Waals surface area contributed by atoms with Crippen molar-refractivity contribution in [2.75, 3.05) is 10.6 Å². The number of para-hydroxylation sites is 4. The molecule has 0 spiro atoms. The van der Waals surface area contributed by atoms with E-state index in [2.05, 4.69) is 10.6 Å². The molecule has 0 aromatic heterocycles. The molecule has 4 aromatic carbocycles. The Labute approximate surface area is 258 Å². The maximum Gasteiger partial charge on any atom is 2.00 e. The van der Waals surface area contributed by atoms with Crippen molar-refractivity contribution in [3.05, 3.63) is 116 Å². The molecule has 0 fully saturated rings. The van der Waals surface area contributed by atoms with Gasteiger partial charge in [0.05, 0.1) is 31.5 Å². The molecule has 0 amide bonds. The van der Waals surface area contributed by atoms with Gasteiger partial charge < -0.3 is 30.4 Å². The van der Waals surface area contributed by atoms with Gasteiger partial charge in [-0.2, -0.15) is 0 Å². The molecule has 4 rings (SSSR count). The second-order valence-corrected chi connectivity index (χ2v) is 9.48. The molecule has 0 aliphatic carbocycles. The Bertz CT molecular complexity index is 1300. The number of rotatable bonds is 8. The van der Waals surface area contributed by atoms with E-state index in [9.17, 15) is 19.8 Å². The first-order chi connectivity index (χ1) is 18.2. The van der Waals surface area contributed by atoms with Crippen molar-refractivity contribution in [2.24, 2.45) is 0 Å². The molecule has 196 valence electrons. The topological polar surface area (TPSA) is 104 Å². The van der Waals surface area contributed by atoms with Gasteiger partial charge in [0.25, 0.3) is 0 Å². The van der Waals surface area contributed by atoms with Gasteiger partial charge in [-0.3, -0.25) is 0 Å². The van der Waals surface area contributed by atoms with Crippen LogP contribution >= 0.6 is 46.4 Å². The predicted molar refractivity (Wildman–Crippen MR) is 150 cm³/mol. The summed E-state index contributed by atoms with van der Waals surface area (Å²) in [5.41, 5.74) is 3.61. The Morgan fingerprint density at radius 3 is 1.15 bits per heavy atom. The van der Waals surface area contributed by atoms with Gasteiger partial charge in [-0.05, 0) is 47.5 Å². The Morgan fingerprint density at radius 2 is 0.846 bits per heavy atom. The number of benzene rings is 4. The molecule has 39 heavy (non-hydrogen) atoms. The molecule has 0 unspecified atom stereocenters. The molecule has 6 nitrogen and oxygen atoms in total. The zero-order valence-corrected chi connectivity index (χ0v) is 26.3. The molecule has 0 heterocycles. The molecule has 0 aliphatic rings. The van der Waals surface area contributed by atoms with Crippen molar-refractivity contribution in [3.63, 3.8) is 0 Å². The van der Waals surface area contributed by atoms with Crippen molar-refractivity contribution in [3.8, 4) is 0 Å². The van der Waals surface area contributed by atoms with Crippen LogP contribution in [0.15, 0.2) is 84.9 Å². The summed E-state index contributed by atoms with van der Waals surface area (Å²) in [5.74, 6) is -2.28. The molecule has 0 atom stereocenters. The second-order valence-electron chi connectivity index (χ2n) is 7.86. The standard InChI is InChI=1S/2C14H11Cl2NO2.Zn/c2*15-10-5-3-6-11(16)14(10)17-12-7-2-1-4-9(12)8-13(18)19;/h2*1-7,17H,8H2,(H,18,19);/q;;+2/p-2. The summed E-state index contributed by atoms with van der Waals surface area (Å²) in [6, 6.07) is 24.4. The van der Waals surface area contributed by atoms with Gasteiger partial charge in [0.15, 0.2) is 0 Å². The monoisotopic (exact) mass is 652 g/mol. The minimum absolute atomic E-state index is 0. The molecule has 4 aromatic rings. The molecule has 0 aliphatic heterocycles. The first-order valence-electron chi connectivity index (χ1n) is 11.1. The zero-order valence-electron chi connectivity index (χ0n) is 20.3. The number of hydrogen-bond donors (Lipinski definition) is 2. The summed E-state index contributed by atoms with van der Waals surface area (Å²) < 4.78 is 0. The van der Waals surface area contributed by atoms with E-state index in [1.54, 1.807) is 84.9 Å². The van der Waals surface area contributed by atoms with Crippen molar-refractivity contribution in [1.29, 1.82) is 0 Å². The van der Waals surface area contributed by atoms with Gasteiger partial charge in [0.2, 0.25) is 0 Å². The normalized spacial score (nSPS) is 9.95. The van der Waals surface area contributed by atoms with E-state index in [0.717, 1.165) is 0 Å². The summed E-state index contributed by atoms with van der Waals surface area (Å²) >= 11 is 24.2. The Kier molecular flexibility index (Phi) is 13.1. The fourth-order valence-corrected chi connectivity index (χ4v) is 4.39.